The maximum absolute atomic E-state index is 10.7. The van der Waals surface area contributed by atoms with Crippen molar-refractivity contribution >= 4 is 5.97 Å². The van der Waals surface area contributed by atoms with Gasteiger partial charge in [0.15, 0.2) is 0 Å². The molecule has 5 heteroatoms. The molecule has 1 fully saturated rings. The topological polar surface area (TPSA) is 53.0 Å². The van der Waals surface area contributed by atoms with Crippen LogP contribution in [0.4, 0.5) is 0 Å². The normalized spacial score (nSPS) is 21.9. The molecule has 1 aliphatic rings. The van der Waals surface area contributed by atoms with E-state index in [0.717, 1.165) is 13.1 Å². The molecule has 0 amide bonds. The second-order valence-corrected chi connectivity index (χ2v) is 3.66. The fourth-order valence-corrected chi connectivity index (χ4v) is 1.56. The second-order valence-electron chi connectivity index (χ2n) is 3.66. The van der Waals surface area contributed by atoms with Crippen molar-refractivity contribution in [3.05, 3.63) is 0 Å². The zero-order valence-electron chi connectivity index (χ0n) is 8.77. The summed E-state index contributed by atoms with van der Waals surface area (Å²) in [6, 6.07) is 0. The Hall–Kier alpha value is -0.650. The van der Waals surface area contributed by atoms with Crippen molar-refractivity contribution in [1.82, 2.24) is 9.96 Å². The van der Waals surface area contributed by atoms with Crippen molar-refractivity contribution in [3.63, 3.8) is 0 Å². The largest absolute Gasteiger partial charge is 0.392 e. The number of aliphatic hydroxyl groups excluding tert-OH is 1. The standard InChI is InChI=1S/C9H18N2O3/c1-8(12)7-10-3-5-11(6-4-10)14-9(2)13/h8,12H,3-7H2,1-2H3. The Bertz CT molecular complexity index is 188. The number of carbonyl (C=O) groups is 1. The molecule has 0 aliphatic carbocycles. The summed E-state index contributed by atoms with van der Waals surface area (Å²) in [5, 5.41) is 10.8. The van der Waals surface area contributed by atoms with Gasteiger partial charge in [0, 0.05) is 39.6 Å². The highest BCUT2D eigenvalue weighted by atomic mass is 16.7. The molecule has 1 unspecified atom stereocenters. The Morgan fingerprint density at radius 2 is 2.00 bits per heavy atom. The number of carbonyl (C=O) groups excluding carboxylic acids is 1. The van der Waals surface area contributed by atoms with E-state index in [1.807, 2.05) is 0 Å². The van der Waals surface area contributed by atoms with Crippen LogP contribution in [0, 0.1) is 0 Å². The van der Waals surface area contributed by atoms with Gasteiger partial charge >= 0.3 is 5.97 Å². The smallest absolute Gasteiger partial charge is 0.322 e. The van der Waals surface area contributed by atoms with E-state index in [9.17, 15) is 9.90 Å². The molecule has 0 radical (unpaired) electrons. The van der Waals surface area contributed by atoms with Crippen molar-refractivity contribution in [3.8, 4) is 0 Å². The van der Waals surface area contributed by atoms with Crippen LogP contribution in [0.25, 0.3) is 0 Å². The number of aliphatic hydroxyl groups is 1. The van der Waals surface area contributed by atoms with E-state index >= 15 is 0 Å². The zero-order valence-corrected chi connectivity index (χ0v) is 8.77. The SMILES string of the molecule is CC(=O)ON1CCN(CC(C)O)CC1. The first-order valence-electron chi connectivity index (χ1n) is 4.92. The van der Waals surface area contributed by atoms with E-state index in [1.54, 1.807) is 12.0 Å². The summed E-state index contributed by atoms with van der Waals surface area (Å²) in [5.74, 6) is -0.269. The number of β-amino-alcohol motifs (C(OH)–C–C–N with tert-alkyl or cyclic N) is 1. The summed E-state index contributed by atoms with van der Waals surface area (Å²) in [7, 11) is 0. The van der Waals surface area contributed by atoms with Gasteiger partial charge in [0.05, 0.1) is 6.10 Å². The van der Waals surface area contributed by atoms with Crippen molar-refractivity contribution < 1.29 is 14.7 Å². The summed E-state index contributed by atoms with van der Waals surface area (Å²) in [6.45, 7) is 6.96. The third-order valence-corrected chi connectivity index (χ3v) is 2.11. The molecular formula is C9H18N2O3. The fraction of sp³-hybridized carbons (Fsp3) is 0.889. The van der Waals surface area contributed by atoms with Crippen LogP contribution in [0.2, 0.25) is 0 Å². The van der Waals surface area contributed by atoms with E-state index in [-0.39, 0.29) is 12.1 Å². The van der Waals surface area contributed by atoms with Gasteiger partial charge in [-0.1, -0.05) is 0 Å². The predicted molar refractivity (Wildman–Crippen MR) is 51.5 cm³/mol. The Labute approximate surface area is 84.2 Å². The second kappa shape index (κ2) is 5.29. The first-order valence-corrected chi connectivity index (χ1v) is 4.92. The molecule has 1 heterocycles. The highest BCUT2D eigenvalue weighted by molar-refractivity contribution is 5.65. The summed E-state index contributed by atoms with van der Waals surface area (Å²) in [5.41, 5.74) is 0. The lowest BCUT2D eigenvalue weighted by molar-refractivity contribution is -0.195. The number of nitrogens with zero attached hydrogens (tertiary/aromatic N) is 2. The van der Waals surface area contributed by atoms with E-state index in [2.05, 4.69) is 4.90 Å². The number of hydrogen-bond acceptors (Lipinski definition) is 5. The molecule has 0 saturated carbocycles. The van der Waals surface area contributed by atoms with Gasteiger partial charge in [-0.25, -0.2) is 0 Å². The minimum atomic E-state index is -0.296. The zero-order chi connectivity index (χ0) is 10.6. The molecule has 0 aromatic heterocycles. The maximum Gasteiger partial charge on any atom is 0.322 e. The Kier molecular flexibility index (Phi) is 4.31. The molecular weight excluding hydrogens is 184 g/mol. The van der Waals surface area contributed by atoms with Crippen molar-refractivity contribution in [2.75, 3.05) is 32.7 Å². The average molecular weight is 202 g/mol. The highest BCUT2D eigenvalue weighted by Crippen LogP contribution is 2.03. The van der Waals surface area contributed by atoms with Gasteiger partial charge in [-0.15, -0.1) is 5.06 Å². The summed E-state index contributed by atoms with van der Waals surface area (Å²) >= 11 is 0. The van der Waals surface area contributed by atoms with Gasteiger partial charge in [-0.2, -0.15) is 0 Å². The van der Waals surface area contributed by atoms with E-state index < -0.39 is 0 Å². The number of rotatable bonds is 3. The molecule has 14 heavy (non-hydrogen) atoms. The molecule has 0 spiro atoms. The fourth-order valence-electron chi connectivity index (χ4n) is 1.56. The molecule has 1 saturated heterocycles. The van der Waals surface area contributed by atoms with Crippen LogP contribution in [0.15, 0.2) is 0 Å². The summed E-state index contributed by atoms with van der Waals surface area (Å²) in [4.78, 5) is 17.8. The van der Waals surface area contributed by atoms with E-state index in [0.29, 0.717) is 19.6 Å². The molecule has 1 atom stereocenters. The van der Waals surface area contributed by atoms with Crippen LogP contribution in [0.3, 0.4) is 0 Å². The summed E-state index contributed by atoms with van der Waals surface area (Å²) < 4.78 is 0. The Balaban J connectivity index is 2.21. The monoisotopic (exact) mass is 202 g/mol. The van der Waals surface area contributed by atoms with Crippen LogP contribution >= 0.6 is 0 Å². The van der Waals surface area contributed by atoms with Crippen LogP contribution in [0.1, 0.15) is 13.8 Å². The van der Waals surface area contributed by atoms with Gasteiger partial charge in [0.1, 0.15) is 0 Å². The Morgan fingerprint density at radius 1 is 1.43 bits per heavy atom. The molecule has 0 aromatic rings. The first-order chi connectivity index (χ1) is 6.58. The van der Waals surface area contributed by atoms with Crippen LogP contribution in [-0.2, 0) is 9.63 Å². The Morgan fingerprint density at radius 3 is 2.43 bits per heavy atom. The number of hydroxylamine groups is 2. The van der Waals surface area contributed by atoms with Crippen LogP contribution < -0.4 is 0 Å². The molecule has 1 aliphatic heterocycles. The quantitative estimate of drug-likeness (QED) is 0.666. The number of piperazine rings is 1. The van der Waals surface area contributed by atoms with Gasteiger partial charge < -0.3 is 9.94 Å². The third kappa shape index (κ3) is 4.04. The first kappa shape index (κ1) is 11.4. The van der Waals surface area contributed by atoms with Gasteiger partial charge in [0.25, 0.3) is 0 Å². The van der Waals surface area contributed by atoms with E-state index in [4.69, 9.17) is 4.84 Å². The van der Waals surface area contributed by atoms with Crippen molar-refractivity contribution in [1.29, 1.82) is 0 Å². The minimum Gasteiger partial charge on any atom is -0.392 e. The average Bonchev–Trinajstić information content (AvgIpc) is 2.06. The molecule has 82 valence electrons. The van der Waals surface area contributed by atoms with Crippen LogP contribution in [-0.4, -0.2) is 59.9 Å². The highest BCUT2D eigenvalue weighted by Gasteiger charge is 2.19. The van der Waals surface area contributed by atoms with Gasteiger partial charge in [-0.05, 0) is 6.92 Å². The minimum absolute atomic E-state index is 0.269. The summed E-state index contributed by atoms with van der Waals surface area (Å²) in [6.07, 6.45) is -0.296. The van der Waals surface area contributed by atoms with Crippen LogP contribution in [0.5, 0.6) is 0 Å². The lowest BCUT2D eigenvalue weighted by Crippen LogP contribution is -2.48. The molecule has 1 rings (SSSR count). The molecule has 0 aromatic carbocycles. The maximum atomic E-state index is 10.7. The van der Waals surface area contributed by atoms with Gasteiger partial charge in [0.2, 0.25) is 0 Å². The molecule has 1 N–H and O–H groups in total. The predicted octanol–water partition coefficient (Wildman–Crippen LogP) is -0.537. The number of hydrogen-bond donors (Lipinski definition) is 1. The molecule has 5 nitrogen and oxygen atoms in total. The van der Waals surface area contributed by atoms with Crippen molar-refractivity contribution in [2.24, 2.45) is 0 Å². The van der Waals surface area contributed by atoms with Gasteiger partial charge in [-0.3, -0.25) is 9.69 Å². The van der Waals surface area contributed by atoms with Crippen molar-refractivity contribution in [2.45, 2.75) is 20.0 Å². The lowest BCUT2D eigenvalue weighted by atomic mass is 10.3. The molecule has 0 bridgehead atoms. The lowest BCUT2D eigenvalue weighted by Gasteiger charge is -2.33. The third-order valence-electron chi connectivity index (χ3n) is 2.11. The van der Waals surface area contributed by atoms with E-state index in [1.165, 1.54) is 6.92 Å².